The molecule has 0 bridgehead atoms. The molecular formula is C14H20BrNO2. The maximum absolute atomic E-state index is 9.90. The highest BCUT2D eigenvalue weighted by molar-refractivity contribution is 9.09. The largest absolute Gasteiger partial charge is 0.389 e. The fourth-order valence-corrected chi connectivity index (χ4v) is 2.78. The normalized spacial score (nSPS) is 20.6. The molecule has 3 N–H and O–H groups in total. The summed E-state index contributed by atoms with van der Waals surface area (Å²) in [6.45, 7) is 2.16. The first-order valence-electron chi connectivity index (χ1n) is 6.45. The lowest BCUT2D eigenvalue weighted by atomic mass is 9.89. The summed E-state index contributed by atoms with van der Waals surface area (Å²) in [5.41, 5.74) is 2.11. The number of aliphatic hydroxyl groups is 2. The molecule has 1 aromatic rings. The molecule has 100 valence electrons. The third kappa shape index (κ3) is 3.32. The van der Waals surface area contributed by atoms with Gasteiger partial charge in [0, 0.05) is 5.33 Å². The van der Waals surface area contributed by atoms with Crippen LogP contribution in [0.3, 0.4) is 0 Å². The Morgan fingerprint density at radius 2 is 1.78 bits per heavy atom. The molecule has 18 heavy (non-hydrogen) atoms. The first-order valence-corrected chi connectivity index (χ1v) is 7.57. The summed E-state index contributed by atoms with van der Waals surface area (Å²) < 4.78 is 0. The SMILES string of the molecule is OC(CBr)C(O)c1ccc(C2CCNCC2)cc1. The molecule has 1 saturated heterocycles. The van der Waals surface area contributed by atoms with E-state index in [9.17, 15) is 10.2 Å². The molecule has 1 heterocycles. The van der Waals surface area contributed by atoms with Crippen LogP contribution in [-0.2, 0) is 0 Å². The van der Waals surface area contributed by atoms with Crippen LogP contribution in [0, 0.1) is 0 Å². The van der Waals surface area contributed by atoms with Crippen LogP contribution in [0.25, 0.3) is 0 Å². The fourth-order valence-electron chi connectivity index (χ4n) is 2.43. The molecule has 0 radical (unpaired) electrons. The van der Waals surface area contributed by atoms with Gasteiger partial charge >= 0.3 is 0 Å². The summed E-state index contributed by atoms with van der Waals surface area (Å²) in [7, 11) is 0. The number of nitrogens with one attached hydrogen (secondary N) is 1. The molecule has 0 aliphatic carbocycles. The third-order valence-electron chi connectivity index (χ3n) is 3.61. The minimum atomic E-state index is -0.813. The van der Waals surface area contributed by atoms with Crippen molar-refractivity contribution >= 4 is 15.9 Å². The standard InChI is InChI=1S/C14H20BrNO2/c15-9-13(17)14(18)12-3-1-10(2-4-12)11-5-7-16-8-6-11/h1-4,11,13-14,16-18H,5-9H2. The Bertz CT molecular complexity index is 342. The van der Waals surface area contributed by atoms with Crippen LogP contribution in [0.4, 0.5) is 0 Å². The lowest BCUT2D eigenvalue weighted by Gasteiger charge is -2.23. The van der Waals surface area contributed by atoms with Crippen LogP contribution >= 0.6 is 15.9 Å². The number of aliphatic hydroxyl groups excluding tert-OH is 2. The van der Waals surface area contributed by atoms with Crippen molar-refractivity contribution in [2.24, 2.45) is 0 Å². The van der Waals surface area contributed by atoms with Gasteiger partial charge in [0.15, 0.2) is 0 Å². The van der Waals surface area contributed by atoms with Crippen LogP contribution < -0.4 is 5.32 Å². The molecule has 2 atom stereocenters. The summed E-state index contributed by atoms with van der Waals surface area (Å²) in [6, 6.07) is 8.01. The molecule has 0 saturated carbocycles. The van der Waals surface area contributed by atoms with Gasteiger partial charge in [0.25, 0.3) is 0 Å². The molecule has 2 unspecified atom stereocenters. The summed E-state index contributed by atoms with van der Waals surface area (Å²) in [5.74, 6) is 0.624. The van der Waals surface area contributed by atoms with E-state index in [0.29, 0.717) is 11.2 Å². The number of piperidine rings is 1. The second-order valence-electron chi connectivity index (χ2n) is 4.86. The van der Waals surface area contributed by atoms with Crippen molar-refractivity contribution in [1.82, 2.24) is 5.32 Å². The number of hydrogen-bond donors (Lipinski definition) is 3. The van der Waals surface area contributed by atoms with Crippen molar-refractivity contribution in [1.29, 1.82) is 0 Å². The first kappa shape index (κ1) is 14.0. The molecule has 2 rings (SSSR count). The molecule has 4 heteroatoms. The molecule has 1 aromatic carbocycles. The van der Waals surface area contributed by atoms with Gasteiger partial charge < -0.3 is 15.5 Å². The van der Waals surface area contributed by atoms with Gasteiger partial charge in [-0.2, -0.15) is 0 Å². The van der Waals surface area contributed by atoms with Gasteiger partial charge in [-0.1, -0.05) is 40.2 Å². The van der Waals surface area contributed by atoms with E-state index in [4.69, 9.17) is 0 Å². The second-order valence-corrected chi connectivity index (χ2v) is 5.50. The monoisotopic (exact) mass is 313 g/mol. The van der Waals surface area contributed by atoms with Crippen LogP contribution in [0.5, 0.6) is 0 Å². The van der Waals surface area contributed by atoms with Crippen molar-refractivity contribution in [2.75, 3.05) is 18.4 Å². The van der Waals surface area contributed by atoms with E-state index in [-0.39, 0.29) is 0 Å². The molecular weight excluding hydrogens is 294 g/mol. The van der Waals surface area contributed by atoms with E-state index in [2.05, 4.69) is 33.4 Å². The maximum Gasteiger partial charge on any atom is 0.106 e. The molecule has 1 fully saturated rings. The van der Waals surface area contributed by atoms with Crippen molar-refractivity contribution in [3.8, 4) is 0 Å². The van der Waals surface area contributed by atoms with Gasteiger partial charge in [-0.05, 0) is 43.0 Å². The molecule has 0 amide bonds. The Morgan fingerprint density at radius 1 is 1.17 bits per heavy atom. The lowest BCUT2D eigenvalue weighted by Crippen LogP contribution is -2.26. The van der Waals surface area contributed by atoms with Gasteiger partial charge in [0.1, 0.15) is 6.10 Å². The van der Waals surface area contributed by atoms with E-state index < -0.39 is 12.2 Å². The zero-order valence-corrected chi connectivity index (χ0v) is 11.9. The predicted octanol–water partition coefficient (Wildman–Crippen LogP) is 1.94. The lowest BCUT2D eigenvalue weighted by molar-refractivity contribution is 0.0342. The highest BCUT2D eigenvalue weighted by Crippen LogP contribution is 2.27. The third-order valence-corrected chi connectivity index (χ3v) is 4.27. The second kappa shape index (κ2) is 6.66. The number of alkyl halides is 1. The van der Waals surface area contributed by atoms with Crippen LogP contribution in [-0.4, -0.2) is 34.7 Å². The minimum Gasteiger partial charge on any atom is -0.389 e. The molecule has 0 spiro atoms. The van der Waals surface area contributed by atoms with Crippen LogP contribution in [0.2, 0.25) is 0 Å². The van der Waals surface area contributed by atoms with Crippen molar-refractivity contribution < 1.29 is 10.2 Å². The Labute approximate surface area is 116 Å². The van der Waals surface area contributed by atoms with Gasteiger partial charge in [-0.25, -0.2) is 0 Å². The van der Waals surface area contributed by atoms with Gasteiger partial charge in [0.2, 0.25) is 0 Å². The highest BCUT2D eigenvalue weighted by Gasteiger charge is 2.18. The predicted molar refractivity (Wildman–Crippen MR) is 76.0 cm³/mol. The van der Waals surface area contributed by atoms with E-state index in [0.717, 1.165) is 18.7 Å². The fraction of sp³-hybridized carbons (Fsp3) is 0.571. The zero-order chi connectivity index (χ0) is 13.0. The Hall–Kier alpha value is -0.420. The van der Waals surface area contributed by atoms with Gasteiger partial charge in [-0.3, -0.25) is 0 Å². The van der Waals surface area contributed by atoms with Gasteiger partial charge in [0.05, 0.1) is 6.10 Å². The number of halogens is 1. The van der Waals surface area contributed by atoms with E-state index in [1.165, 1.54) is 18.4 Å². The van der Waals surface area contributed by atoms with Crippen LogP contribution in [0.15, 0.2) is 24.3 Å². The number of hydrogen-bond acceptors (Lipinski definition) is 3. The van der Waals surface area contributed by atoms with Crippen molar-refractivity contribution in [3.05, 3.63) is 35.4 Å². The summed E-state index contributed by atoms with van der Waals surface area (Å²) in [6.07, 6.45) is 0.777. The Morgan fingerprint density at radius 3 is 2.33 bits per heavy atom. The summed E-state index contributed by atoms with van der Waals surface area (Å²) in [4.78, 5) is 0. The zero-order valence-electron chi connectivity index (χ0n) is 10.3. The molecule has 0 aromatic heterocycles. The average molecular weight is 314 g/mol. The molecule has 3 nitrogen and oxygen atoms in total. The minimum absolute atomic E-state index is 0.379. The highest BCUT2D eigenvalue weighted by atomic mass is 79.9. The van der Waals surface area contributed by atoms with E-state index in [1.54, 1.807) is 0 Å². The molecule has 1 aliphatic rings. The smallest absolute Gasteiger partial charge is 0.106 e. The number of rotatable bonds is 4. The van der Waals surface area contributed by atoms with Crippen molar-refractivity contribution in [3.63, 3.8) is 0 Å². The molecule has 1 aliphatic heterocycles. The summed E-state index contributed by atoms with van der Waals surface area (Å²) >= 11 is 3.17. The average Bonchev–Trinajstić information content (AvgIpc) is 2.47. The van der Waals surface area contributed by atoms with Crippen LogP contribution in [0.1, 0.15) is 36.0 Å². The first-order chi connectivity index (χ1) is 8.72. The van der Waals surface area contributed by atoms with E-state index >= 15 is 0 Å². The van der Waals surface area contributed by atoms with E-state index in [1.807, 2.05) is 12.1 Å². The quantitative estimate of drug-likeness (QED) is 0.745. The van der Waals surface area contributed by atoms with Gasteiger partial charge in [-0.15, -0.1) is 0 Å². The Kier molecular flexibility index (Phi) is 5.18. The maximum atomic E-state index is 9.90. The summed E-state index contributed by atoms with van der Waals surface area (Å²) in [5, 5.41) is 23.2. The Balaban J connectivity index is 2.04. The van der Waals surface area contributed by atoms with Crippen molar-refractivity contribution in [2.45, 2.75) is 31.0 Å². The number of benzene rings is 1. The topological polar surface area (TPSA) is 52.5 Å².